The maximum atomic E-state index is 14.4. The van der Waals surface area contributed by atoms with Gasteiger partial charge in [0.25, 0.3) is 0 Å². The lowest BCUT2D eigenvalue weighted by molar-refractivity contribution is 0.0662. The second-order valence-corrected chi connectivity index (χ2v) is 7.14. The topological polar surface area (TPSA) is 63.8 Å². The van der Waals surface area contributed by atoms with Crippen molar-refractivity contribution in [3.8, 4) is 0 Å². The number of Topliss-reactive ketones (excluding diaryl/α,β-unsaturated/α-hetero) is 1. The first-order valence-electron chi connectivity index (χ1n) is 8.12. The van der Waals surface area contributed by atoms with E-state index in [1.807, 2.05) is 23.5 Å². The number of aliphatic hydroxyl groups excluding tert-OH is 1. The summed E-state index contributed by atoms with van der Waals surface area (Å²) in [4.78, 5) is 16.9. The normalized spacial score (nSPS) is 11.2. The van der Waals surface area contributed by atoms with Crippen LogP contribution in [0.15, 0.2) is 36.8 Å². The summed E-state index contributed by atoms with van der Waals surface area (Å²) in [6, 6.07) is 6.88. The first kappa shape index (κ1) is 18.9. The molecule has 0 amide bonds. The Hall–Kier alpha value is -1.84. The molecule has 0 saturated heterocycles. The summed E-state index contributed by atoms with van der Waals surface area (Å²) >= 11 is 2.06. The van der Waals surface area contributed by atoms with Crippen LogP contribution >= 0.6 is 22.6 Å². The highest BCUT2D eigenvalue weighted by Crippen LogP contribution is 2.26. The summed E-state index contributed by atoms with van der Waals surface area (Å²) in [5.74, 6) is -0.496. The van der Waals surface area contributed by atoms with Crippen LogP contribution < -0.4 is 0 Å². The average Bonchev–Trinajstić information content (AvgIpc) is 2.90. The Morgan fingerprint density at radius 3 is 2.92 bits per heavy atom. The van der Waals surface area contributed by atoms with Gasteiger partial charge >= 0.3 is 0 Å². The number of aromatic nitrogens is 2. The minimum atomic E-state index is -0.302. The van der Waals surface area contributed by atoms with Gasteiger partial charge in [0.2, 0.25) is 0 Å². The molecule has 0 saturated carbocycles. The molecule has 3 aromatic rings. The number of rotatable bonds is 7. The van der Waals surface area contributed by atoms with E-state index in [9.17, 15) is 9.18 Å². The van der Waals surface area contributed by atoms with Crippen molar-refractivity contribution in [2.75, 3.05) is 19.8 Å². The lowest BCUT2D eigenvalue weighted by Crippen LogP contribution is -2.14. The first-order valence-corrected chi connectivity index (χ1v) is 9.20. The second kappa shape index (κ2) is 8.24. The van der Waals surface area contributed by atoms with E-state index in [-0.39, 0.29) is 37.8 Å². The number of carbonyl (C=O) groups excluding carboxylic acids is 1. The number of aryl methyl sites for hydroxylation is 1. The standard InChI is InChI=1S/C19H18FIN2O3/c1-12-16-4-5-22-11-23(16)17(19(12)18(25)10-26-7-6-24)8-13-2-3-14(21)9-15(13)20/h2-5,9,11,24H,6-8,10H2,1H3. The van der Waals surface area contributed by atoms with E-state index in [0.29, 0.717) is 16.8 Å². The van der Waals surface area contributed by atoms with Gasteiger partial charge in [-0.25, -0.2) is 9.37 Å². The molecule has 0 unspecified atom stereocenters. The Kier molecular flexibility index (Phi) is 6.00. The highest BCUT2D eigenvalue weighted by Gasteiger charge is 2.22. The Balaban J connectivity index is 2.07. The third kappa shape index (κ3) is 3.79. The van der Waals surface area contributed by atoms with Crippen LogP contribution in [0.5, 0.6) is 0 Å². The predicted octanol–water partition coefficient (Wildman–Crippen LogP) is 3.17. The molecular formula is C19H18FIN2O3. The van der Waals surface area contributed by atoms with Gasteiger partial charge in [-0.1, -0.05) is 6.07 Å². The van der Waals surface area contributed by atoms with Crippen LogP contribution in [0.2, 0.25) is 0 Å². The van der Waals surface area contributed by atoms with Crippen LogP contribution in [0.25, 0.3) is 5.52 Å². The molecule has 0 aliphatic rings. The maximum Gasteiger partial charge on any atom is 0.190 e. The van der Waals surface area contributed by atoms with Gasteiger partial charge in [0, 0.05) is 27.4 Å². The fourth-order valence-electron chi connectivity index (χ4n) is 3.04. The molecule has 1 N–H and O–H groups in total. The van der Waals surface area contributed by atoms with Gasteiger partial charge in [-0.15, -0.1) is 0 Å². The summed E-state index contributed by atoms with van der Waals surface area (Å²) in [6.07, 6.45) is 3.56. The van der Waals surface area contributed by atoms with Crippen LogP contribution in [-0.2, 0) is 11.2 Å². The number of hydrogen-bond donors (Lipinski definition) is 1. The van der Waals surface area contributed by atoms with Crippen LogP contribution in [0.3, 0.4) is 0 Å². The van der Waals surface area contributed by atoms with Gasteiger partial charge in [0.1, 0.15) is 12.4 Å². The molecule has 136 valence electrons. The molecule has 0 bridgehead atoms. The first-order chi connectivity index (χ1) is 12.5. The molecular weight excluding hydrogens is 450 g/mol. The Morgan fingerprint density at radius 2 is 2.19 bits per heavy atom. The maximum absolute atomic E-state index is 14.4. The third-order valence-corrected chi connectivity index (χ3v) is 4.89. The van der Waals surface area contributed by atoms with Gasteiger partial charge < -0.3 is 14.2 Å². The molecule has 5 nitrogen and oxygen atoms in total. The van der Waals surface area contributed by atoms with Crippen molar-refractivity contribution in [3.63, 3.8) is 0 Å². The summed E-state index contributed by atoms with van der Waals surface area (Å²) in [5, 5.41) is 8.83. The SMILES string of the molecule is Cc1c(C(=O)COCCO)c(Cc2ccc(I)cc2F)n2cnccc12. The van der Waals surface area contributed by atoms with E-state index in [1.165, 1.54) is 6.07 Å². The highest BCUT2D eigenvalue weighted by molar-refractivity contribution is 14.1. The molecule has 0 spiro atoms. The number of benzene rings is 1. The number of halogens is 2. The van der Waals surface area contributed by atoms with Gasteiger partial charge in [-0.05, 0) is 58.8 Å². The van der Waals surface area contributed by atoms with Gasteiger partial charge in [-0.3, -0.25) is 4.79 Å². The zero-order chi connectivity index (χ0) is 18.7. The van der Waals surface area contributed by atoms with E-state index in [0.717, 1.165) is 14.7 Å². The average molecular weight is 468 g/mol. The van der Waals surface area contributed by atoms with E-state index in [4.69, 9.17) is 9.84 Å². The van der Waals surface area contributed by atoms with Gasteiger partial charge in [0.15, 0.2) is 5.78 Å². The molecule has 26 heavy (non-hydrogen) atoms. The van der Waals surface area contributed by atoms with Crippen molar-refractivity contribution in [1.29, 1.82) is 0 Å². The van der Waals surface area contributed by atoms with Crippen LogP contribution in [0.1, 0.15) is 27.2 Å². The summed E-state index contributed by atoms with van der Waals surface area (Å²) in [7, 11) is 0. The van der Waals surface area contributed by atoms with E-state index in [2.05, 4.69) is 27.6 Å². The molecule has 0 atom stereocenters. The molecule has 1 aromatic carbocycles. The van der Waals surface area contributed by atoms with E-state index < -0.39 is 0 Å². The highest BCUT2D eigenvalue weighted by atomic mass is 127. The number of carbonyl (C=O) groups is 1. The van der Waals surface area contributed by atoms with Crippen LogP contribution in [-0.4, -0.2) is 40.1 Å². The fourth-order valence-corrected chi connectivity index (χ4v) is 3.49. The minimum Gasteiger partial charge on any atom is -0.394 e. The zero-order valence-corrected chi connectivity index (χ0v) is 16.4. The van der Waals surface area contributed by atoms with E-state index >= 15 is 0 Å². The van der Waals surface area contributed by atoms with Crippen molar-refractivity contribution in [1.82, 2.24) is 9.38 Å². The smallest absolute Gasteiger partial charge is 0.190 e. The third-order valence-electron chi connectivity index (χ3n) is 4.22. The number of ether oxygens (including phenoxy) is 1. The molecule has 0 fully saturated rings. The lowest BCUT2D eigenvalue weighted by Gasteiger charge is -2.08. The molecule has 0 aliphatic heterocycles. The van der Waals surface area contributed by atoms with Crippen molar-refractivity contribution in [2.24, 2.45) is 0 Å². The quantitative estimate of drug-likeness (QED) is 0.329. The zero-order valence-electron chi connectivity index (χ0n) is 14.2. The van der Waals surface area contributed by atoms with E-state index in [1.54, 1.807) is 18.6 Å². The molecule has 0 aliphatic carbocycles. The van der Waals surface area contributed by atoms with Crippen molar-refractivity contribution in [3.05, 3.63) is 68.6 Å². The Morgan fingerprint density at radius 1 is 1.38 bits per heavy atom. The van der Waals surface area contributed by atoms with Crippen molar-refractivity contribution >= 4 is 33.9 Å². The fraction of sp³-hybridized carbons (Fsp3) is 0.263. The molecule has 2 heterocycles. The Bertz CT molecular complexity index is 955. The van der Waals surface area contributed by atoms with Crippen LogP contribution in [0, 0.1) is 16.3 Å². The van der Waals surface area contributed by atoms with Crippen LogP contribution in [0.4, 0.5) is 4.39 Å². The number of fused-ring (bicyclic) bond motifs is 1. The Labute approximate surface area is 164 Å². The number of hydrogen-bond acceptors (Lipinski definition) is 4. The largest absolute Gasteiger partial charge is 0.394 e. The molecule has 0 radical (unpaired) electrons. The van der Waals surface area contributed by atoms with Gasteiger partial charge in [0.05, 0.1) is 25.1 Å². The summed E-state index contributed by atoms with van der Waals surface area (Å²) in [6.45, 7) is 1.69. The molecule has 2 aromatic heterocycles. The summed E-state index contributed by atoms with van der Waals surface area (Å²) < 4.78 is 22.2. The molecule has 3 rings (SSSR count). The molecule has 7 heteroatoms. The van der Waals surface area contributed by atoms with Crippen molar-refractivity contribution < 1.29 is 19.0 Å². The number of aliphatic hydroxyl groups is 1. The minimum absolute atomic E-state index is 0.0980. The number of ketones is 1. The lowest BCUT2D eigenvalue weighted by atomic mass is 10.0. The predicted molar refractivity (Wildman–Crippen MR) is 104 cm³/mol. The number of nitrogens with zero attached hydrogens (tertiary/aromatic N) is 2. The summed E-state index contributed by atoms with van der Waals surface area (Å²) in [5.41, 5.74) is 3.38. The van der Waals surface area contributed by atoms with Crippen molar-refractivity contribution in [2.45, 2.75) is 13.3 Å². The van der Waals surface area contributed by atoms with Gasteiger partial charge in [-0.2, -0.15) is 0 Å². The second-order valence-electron chi connectivity index (χ2n) is 5.89. The monoisotopic (exact) mass is 468 g/mol.